The van der Waals surface area contributed by atoms with E-state index in [9.17, 15) is 9.59 Å². The fourth-order valence-corrected chi connectivity index (χ4v) is 2.13. The van der Waals surface area contributed by atoms with Gasteiger partial charge < -0.3 is 13.9 Å². The Labute approximate surface area is 131 Å². The lowest BCUT2D eigenvalue weighted by Gasteiger charge is -2.05. The quantitative estimate of drug-likeness (QED) is 0.546. The number of methoxy groups -OCH3 is 1. The second-order valence-electron chi connectivity index (χ2n) is 4.80. The zero-order valence-electron chi connectivity index (χ0n) is 12.5. The molecule has 0 saturated heterocycles. The Balaban J connectivity index is 2.03. The summed E-state index contributed by atoms with van der Waals surface area (Å²) in [5.41, 5.74) is 0.629. The van der Waals surface area contributed by atoms with Crippen LogP contribution in [0.3, 0.4) is 0 Å². The minimum atomic E-state index is -0.401. The van der Waals surface area contributed by atoms with Gasteiger partial charge in [-0.15, -0.1) is 0 Å². The van der Waals surface area contributed by atoms with E-state index in [1.54, 1.807) is 42.5 Å². The van der Waals surface area contributed by atoms with Crippen molar-refractivity contribution in [2.24, 2.45) is 0 Å². The molecule has 0 radical (unpaired) electrons. The van der Waals surface area contributed by atoms with Crippen molar-refractivity contribution < 1.29 is 18.7 Å². The Morgan fingerprint density at radius 3 is 2.43 bits per heavy atom. The van der Waals surface area contributed by atoms with Crippen LogP contribution >= 0.6 is 0 Å². The first-order valence-electron chi connectivity index (χ1n) is 6.84. The summed E-state index contributed by atoms with van der Waals surface area (Å²) < 4.78 is 15.7. The summed E-state index contributed by atoms with van der Waals surface area (Å²) in [6.07, 6.45) is 0. The van der Waals surface area contributed by atoms with E-state index < -0.39 is 11.5 Å². The highest BCUT2D eigenvalue weighted by molar-refractivity contribution is 5.78. The van der Waals surface area contributed by atoms with Gasteiger partial charge in [-0.1, -0.05) is 0 Å². The topological polar surface area (TPSA) is 78.6 Å². The summed E-state index contributed by atoms with van der Waals surface area (Å²) >= 11 is 0. The summed E-state index contributed by atoms with van der Waals surface area (Å²) in [7, 11) is 1.52. The number of carbonyl (C=O) groups is 1. The lowest BCUT2D eigenvalue weighted by Crippen LogP contribution is -2.07. The largest absolute Gasteiger partial charge is 0.497 e. The van der Waals surface area contributed by atoms with Crippen LogP contribution in [0, 0.1) is 0 Å². The van der Waals surface area contributed by atoms with Crippen molar-refractivity contribution in [1.29, 1.82) is 0 Å². The molecule has 0 bridgehead atoms. The van der Waals surface area contributed by atoms with E-state index in [-0.39, 0.29) is 5.89 Å². The van der Waals surface area contributed by atoms with E-state index in [4.69, 9.17) is 13.9 Å². The van der Waals surface area contributed by atoms with Gasteiger partial charge in [-0.2, -0.15) is 4.98 Å². The molecular weight excluding hydrogens is 298 g/mol. The molecule has 0 unspecified atom stereocenters. The van der Waals surface area contributed by atoms with Gasteiger partial charge in [0, 0.05) is 12.5 Å². The molecule has 0 amide bonds. The van der Waals surface area contributed by atoms with Crippen LogP contribution in [0.25, 0.3) is 22.4 Å². The smallest absolute Gasteiger partial charge is 0.308 e. The minimum absolute atomic E-state index is 0.196. The number of hydrogen-bond acceptors (Lipinski definition) is 6. The number of ether oxygens (including phenoxy) is 2. The van der Waals surface area contributed by atoms with Gasteiger partial charge in [0.2, 0.25) is 5.89 Å². The molecule has 2 aromatic carbocycles. The third-order valence-corrected chi connectivity index (χ3v) is 3.19. The van der Waals surface area contributed by atoms with Gasteiger partial charge >= 0.3 is 5.97 Å². The van der Waals surface area contributed by atoms with Crippen LogP contribution in [0.15, 0.2) is 51.7 Å². The van der Waals surface area contributed by atoms with E-state index in [0.717, 1.165) is 0 Å². The number of esters is 1. The molecule has 0 aliphatic rings. The first-order chi connectivity index (χ1) is 11.1. The highest BCUT2D eigenvalue weighted by Gasteiger charge is 2.10. The molecule has 0 saturated carbocycles. The molecule has 0 aliphatic heterocycles. The van der Waals surface area contributed by atoms with Crippen LogP contribution in [0.1, 0.15) is 6.92 Å². The van der Waals surface area contributed by atoms with Crippen molar-refractivity contribution in [3.63, 3.8) is 0 Å². The summed E-state index contributed by atoms with van der Waals surface area (Å²) in [5.74, 6) is 0.767. The van der Waals surface area contributed by atoms with E-state index >= 15 is 0 Å². The number of fused-ring (bicyclic) bond motifs is 1. The molecule has 1 heterocycles. The first-order valence-corrected chi connectivity index (χ1v) is 6.84. The predicted molar refractivity (Wildman–Crippen MR) is 83.6 cm³/mol. The molecule has 6 heteroatoms. The highest BCUT2D eigenvalue weighted by atomic mass is 16.5. The number of rotatable bonds is 3. The lowest BCUT2D eigenvalue weighted by molar-refractivity contribution is -0.131. The number of nitrogens with zero attached hydrogens (tertiary/aromatic N) is 1. The van der Waals surface area contributed by atoms with Crippen molar-refractivity contribution >= 4 is 16.9 Å². The Bertz CT molecular complexity index is 928. The molecule has 3 aromatic rings. The number of aromatic nitrogens is 1. The summed E-state index contributed by atoms with van der Waals surface area (Å²) in [6.45, 7) is 1.33. The maximum absolute atomic E-state index is 12.2. The minimum Gasteiger partial charge on any atom is -0.497 e. The third-order valence-electron chi connectivity index (χ3n) is 3.19. The lowest BCUT2D eigenvalue weighted by atomic mass is 10.2. The second kappa shape index (κ2) is 5.92. The third kappa shape index (κ3) is 3.06. The van der Waals surface area contributed by atoms with Gasteiger partial charge in [0.05, 0.1) is 12.5 Å². The van der Waals surface area contributed by atoms with Crippen molar-refractivity contribution in [3.8, 4) is 23.0 Å². The van der Waals surface area contributed by atoms with Crippen LogP contribution in [-0.4, -0.2) is 18.1 Å². The SMILES string of the molecule is COc1ccc2oc(-c3ccc(OC(C)=O)cc3)nc(=O)c2c1. The molecule has 1 aromatic heterocycles. The molecule has 0 spiro atoms. The Kier molecular flexibility index (Phi) is 3.80. The van der Waals surface area contributed by atoms with E-state index in [2.05, 4.69) is 4.98 Å². The second-order valence-corrected chi connectivity index (χ2v) is 4.80. The van der Waals surface area contributed by atoms with Crippen LogP contribution in [0.2, 0.25) is 0 Å². The van der Waals surface area contributed by atoms with E-state index in [0.29, 0.717) is 28.0 Å². The molecule has 6 nitrogen and oxygen atoms in total. The normalized spacial score (nSPS) is 10.5. The molecule has 0 atom stereocenters. The Hall–Kier alpha value is -3.15. The molecule has 23 heavy (non-hydrogen) atoms. The molecule has 3 rings (SSSR count). The fraction of sp³-hybridized carbons (Fsp3) is 0.118. The van der Waals surface area contributed by atoms with E-state index in [1.165, 1.54) is 14.0 Å². The fourth-order valence-electron chi connectivity index (χ4n) is 2.13. The standard InChI is InChI=1S/C17H13NO5/c1-10(19)22-12-5-3-11(4-6-12)17-18-16(20)14-9-13(21-2)7-8-15(14)23-17/h3-9H,1-2H3. The van der Waals surface area contributed by atoms with Crippen LogP contribution < -0.4 is 15.0 Å². The first kappa shape index (κ1) is 14.8. The van der Waals surface area contributed by atoms with Crippen molar-refractivity contribution in [3.05, 3.63) is 52.8 Å². The molecule has 0 N–H and O–H groups in total. The molecule has 0 aliphatic carbocycles. The average Bonchev–Trinajstić information content (AvgIpc) is 2.54. The van der Waals surface area contributed by atoms with Crippen LogP contribution in [0.5, 0.6) is 11.5 Å². The zero-order valence-corrected chi connectivity index (χ0v) is 12.5. The van der Waals surface area contributed by atoms with Gasteiger partial charge in [-0.3, -0.25) is 9.59 Å². The van der Waals surface area contributed by atoms with Crippen LogP contribution in [0.4, 0.5) is 0 Å². The summed E-state index contributed by atoms with van der Waals surface area (Å²) in [6, 6.07) is 11.5. The van der Waals surface area contributed by atoms with Gasteiger partial charge in [-0.05, 0) is 42.5 Å². The maximum Gasteiger partial charge on any atom is 0.308 e. The maximum atomic E-state index is 12.2. The highest BCUT2D eigenvalue weighted by Crippen LogP contribution is 2.24. The monoisotopic (exact) mass is 311 g/mol. The van der Waals surface area contributed by atoms with E-state index in [1.807, 2.05) is 0 Å². The number of hydrogen-bond donors (Lipinski definition) is 0. The van der Waals surface area contributed by atoms with Crippen molar-refractivity contribution in [2.75, 3.05) is 7.11 Å². The molecular formula is C17H13NO5. The van der Waals surface area contributed by atoms with Crippen molar-refractivity contribution in [1.82, 2.24) is 4.98 Å². The number of carbonyl (C=O) groups excluding carboxylic acids is 1. The van der Waals surface area contributed by atoms with Gasteiger partial charge in [0.1, 0.15) is 17.1 Å². The van der Waals surface area contributed by atoms with Crippen LogP contribution in [-0.2, 0) is 4.79 Å². The zero-order chi connectivity index (χ0) is 16.4. The van der Waals surface area contributed by atoms with Gasteiger partial charge in [0.15, 0.2) is 0 Å². The van der Waals surface area contributed by atoms with Gasteiger partial charge in [-0.25, -0.2) is 0 Å². The molecule has 0 fully saturated rings. The van der Waals surface area contributed by atoms with Crippen molar-refractivity contribution in [2.45, 2.75) is 6.92 Å². The summed E-state index contributed by atoms with van der Waals surface area (Å²) in [5, 5.41) is 0.352. The Morgan fingerprint density at radius 2 is 1.78 bits per heavy atom. The predicted octanol–water partition coefficient (Wildman–Crippen LogP) is 2.79. The average molecular weight is 311 g/mol. The number of benzene rings is 2. The van der Waals surface area contributed by atoms with Gasteiger partial charge in [0.25, 0.3) is 5.56 Å². The molecule has 116 valence electrons. The Morgan fingerprint density at radius 1 is 1.09 bits per heavy atom. The summed E-state index contributed by atoms with van der Waals surface area (Å²) in [4.78, 5) is 27.0.